The SMILES string of the molecule is O=C(Nc1ccc(-c2cc3ccccc3[nH]2)cc1)c1ccc(Br)o1. The molecule has 4 nitrogen and oxygen atoms in total. The molecule has 24 heavy (non-hydrogen) atoms. The third kappa shape index (κ3) is 2.86. The standard InChI is InChI=1S/C19H13BrN2O2/c20-18-10-9-17(24-18)19(23)21-14-7-5-12(6-8-14)16-11-13-3-1-2-4-15(13)22-16/h1-11,22H,(H,21,23). The molecule has 0 aliphatic heterocycles. The third-order valence-electron chi connectivity index (χ3n) is 3.78. The topological polar surface area (TPSA) is 58.0 Å². The minimum atomic E-state index is -0.279. The van der Waals surface area contributed by atoms with Gasteiger partial charge in [-0.1, -0.05) is 30.3 Å². The molecule has 0 saturated carbocycles. The van der Waals surface area contributed by atoms with Crippen molar-refractivity contribution in [3.8, 4) is 11.3 Å². The van der Waals surface area contributed by atoms with E-state index < -0.39 is 0 Å². The molecule has 4 aromatic rings. The number of H-pyrrole nitrogens is 1. The van der Waals surface area contributed by atoms with E-state index in [-0.39, 0.29) is 11.7 Å². The van der Waals surface area contributed by atoms with Crippen LogP contribution in [-0.4, -0.2) is 10.9 Å². The van der Waals surface area contributed by atoms with Crippen LogP contribution in [0.5, 0.6) is 0 Å². The molecule has 2 aromatic heterocycles. The summed E-state index contributed by atoms with van der Waals surface area (Å²) in [4.78, 5) is 15.5. The van der Waals surface area contributed by atoms with E-state index in [1.54, 1.807) is 12.1 Å². The summed E-state index contributed by atoms with van der Waals surface area (Å²) in [6.45, 7) is 0. The van der Waals surface area contributed by atoms with Crippen LogP contribution in [-0.2, 0) is 0 Å². The summed E-state index contributed by atoms with van der Waals surface area (Å²) in [6.07, 6.45) is 0. The highest BCUT2D eigenvalue weighted by molar-refractivity contribution is 9.10. The molecule has 4 rings (SSSR count). The molecule has 0 unspecified atom stereocenters. The van der Waals surface area contributed by atoms with Crippen LogP contribution < -0.4 is 5.32 Å². The number of para-hydroxylation sites is 1. The maximum absolute atomic E-state index is 12.1. The molecule has 0 aliphatic carbocycles. The second-order valence-electron chi connectivity index (χ2n) is 5.41. The molecule has 118 valence electrons. The number of hydrogen-bond acceptors (Lipinski definition) is 2. The summed E-state index contributed by atoms with van der Waals surface area (Å²) < 4.78 is 5.77. The molecule has 0 radical (unpaired) electrons. The second kappa shape index (κ2) is 6.02. The lowest BCUT2D eigenvalue weighted by Crippen LogP contribution is -2.10. The van der Waals surface area contributed by atoms with Crippen LogP contribution >= 0.6 is 15.9 Å². The number of fused-ring (bicyclic) bond motifs is 1. The average molecular weight is 381 g/mol. The Labute approximate surface area is 146 Å². The number of halogens is 1. The van der Waals surface area contributed by atoms with Crippen molar-refractivity contribution in [2.75, 3.05) is 5.32 Å². The van der Waals surface area contributed by atoms with E-state index in [4.69, 9.17) is 4.42 Å². The molecular weight excluding hydrogens is 368 g/mol. The number of rotatable bonds is 3. The van der Waals surface area contributed by atoms with Gasteiger partial charge in [-0.3, -0.25) is 4.79 Å². The molecule has 0 bridgehead atoms. The summed E-state index contributed by atoms with van der Waals surface area (Å²) in [6, 6.07) is 21.3. The Balaban J connectivity index is 1.55. The van der Waals surface area contributed by atoms with Gasteiger partial charge in [0.05, 0.1) is 0 Å². The number of hydrogen-bond donors (Lipinski definition) is 2. The Morgan fingerprint density at radius 3 is 2.50 bits per heavy atom. The summed E-state index contributed by atoms with van der Waals surface area (Å²) in [5.74, 6) is -0.0133. The monoisotopic (exact) mass is 380 g/mol. The Bertz CT molecular complexity index is 982. The molecule has 0 saturated heterocycles. The molecule has 0 atom stereocenters. The lowest BCUT2D eigenvalue weighted by Gasteiger charge is -2.04. The fraction of sp³-hybridized carbons (Fsp3) is 0. The quantitative estimate of drug-likeness (QED) is 0.496. The number of aromatic nitrogens is 1. The summed E-state index contributed by atoms with van der Waals surface area (Å²) >= 11 is 3.19. The number of carbonyl (C=O) groups excluding carboxylic acids is 1. The number of furan rings is 1. The minimum Gasteiger partial charge on any atom is -0.444 e. The van der Waals surface area contributed by atoms with Crippen LogP contribution in [0.3, 0.4) is 0 Å². The van der Waals surface area contributed by atoms with Gasteiger partial charge in [-0.05, 0) is 57.9 Å². The zero-order chi connectivity index (χ0) is 16.5. The molecule has 0 aliphatic rings. The predicted molar refractivity (Wildman–Crippen MR) is 98.1 cm³/mol. The largest absolute Gasteiger partial charge is 0.444 e. The maximum Gasteiger partial charge on any atom is 0.291 e. The molecular formula is C19H13BrN2O2. The first-order valence-corrected chi connectivity index (χ1v) is 8.23. The zero-order valence-electron chi connectivity index (χ0n) is 12.5. The number of nitrogens with one attached hydrogen (secondary N) is 2. The summed E-state index contributed by atoms with van der Waals surface area (Å²) in [5, 5.41) is 3.99. The zero-order valence-corrected chi connectivity index (χ0v) is 14.1. The highest BCUT2D eigenvalue weighted by atomic mass is 79.9. The second-order valence-corrected chi connectivity index (χ2v) is 6.19. The van der Waals surface area contributed by atoms with Crippen molar-refractivity contribution < 1.29 is 9.21 Å². The lowest BCUT2D eigenvalue weighted by atomic mass is 10.1. The van der Waals surface area contributed by atoms with E-state index in [2.05, 4.69) is 44.4 Å². The van der Waals surface area contributed by atoms with Crippen molar-refractivity contribution in [3.05, 3.63) is 77.2 Å². The number of aromatic amines is 1. The highest BCUT2D eigenvalue weighted by Gasteiger charge is 2.11. The highest BCUT2D eigenvalue weighted by Crippen LogP contribution is 2.25. The number of carbonyl (C=O) groups is 1. The van der Waals surface area contributed by atoms with Gasteiger partial charge in [0, 0.05) is 22.3 Å². The van der Waals surface area contributed by atoms with Crippen LogP contribution in [0.15, 0.2) is 75.8 Å². The molecule has 2 heterocycles. The van der Waals surface area contributed by atoms with Crippen molar-refractivity contribution in [2.45, 2.75) is 0 Å². The van der Waals surface area contributed by atoms with Crippen molar-refractivity contribution >= 4 is 38.4 Å². The van der Waals surface area contributed by atoms with Crippen molar-refractivity contribution in [1.29, 1.82) is 0 Å². The molecule has 5 heteroatoms. The van der Waals surface area contributed by atoms with Crippen molar-refractivity contribution in [1.82, 2.24) is 4.98 Å². The average Bonchev–Trinajstić information content (AvgIpc) is 3.21. The maximum atomic E-state index is 12.1. The van der Waals surface area contributed by atoms with E-state index in [0.29, 0.717) is 10.4 Å². The van der Waals surface area contributed by atoms with Crippen molar-refractivity contribution in [2.24, 2.45) is 0 Å². The van der Waals surface area contributed by atoms with Gasteiger partial charge >= 0.3 is 0 Å². The Morgan fingerprint density at radius 2 is 1.79 bits per heavy atom. The first-order chi connectivity index (χ1) is 11.7. The first kappa shape index (κ1) is 14.8. The molecule has 0 fully saturated rings. The van der Waals surface area contributed by atoms with Gasteiger partial charge in [0.25, 0.3) is 5.91 Å². The van der Waals surface area contributed by atoms with E-state index in [0.717, 1.165) is 16.8 Å². The summed E-state index contributed by atoms with van der Waals surface area (Å²) in [7, 11) is 0. The number of anilines is 1. The fourth-order valence-corrected chi connectivity index (χ4v) is 2.90. The van der Waals surface area contributed by atoms with Gasteiger partial charge in [0.15, 0.2) is 10.4 Å². The van der Waals surface area contributed by atoms with Crippen LogP contribution in [0, 0.1) is 0 Å². The third-order valence-corrected chi connectivity index (χ3v) is 4.21. The van der Waals surface area contributed by atoms with Gasteiger partial charge in [-0.2, -0.15) is 0 Å². The van der Waals surface area contributed by atoms with E-state index >= 15 is 0 Å². The van der Waals surface area contributed by atoms with Crippen LogP contribution in [0.25, 0.3) is 22.2 Å². The fourth-order valence-electron chi connectivity index (χ4n) is 2.59. The first-order valence-electron chi connectivity index (χ1n) is 7.44. The number of benzene rings is 2. The Morgan fingerprint density at radius 1 is 1.00 bits per heavy atom. The normalized spacial score (nSPS) is 10.9. The van der Waals surface area contributed by atoms with Gasteiger partial charge < -0.3 is 14.7 Å². The van der Waals surface area contributed by atoms with E-state index in [1.165, 1.54) is 5.39 Å². The van der Waals surface area contributed by atoms with Crippen LogP contribution in [0.1, 0.15) is 10.6 Å². The molecule has 0 spiro atoms. The number of amides is 1. The predicted octanol–water partition coefficient (Wildman–Crippen LogP) is 5.44. The van der Waals surface area contributed by atoms with Crippen molar-refractivity contribution in [3.63, 3.8) is 0 Å². The van der Waals surface area contributed by atoms with Crippen LogP contribution in [0.4, 0.5) is 5.69 Å². The van der Waals surface area contributed by atoms with E-state index in [9.17, 15) is 4.79 Å². The van der Waals surface area contributed by atoms with E-state index in [1.807, 2.05) is 36.4 Å². The van der Waals surface area contributed by atoms with Gasteiger partial charge in [0.2, 0.25) is 0 Å². The Hall–Kier alpha value is -2.79. The smallest absolute Gasteiger partial charge is 0.291 e. The summed E-state index contributed by atoms with van der Waals surface area (Å²) in [5.41, 5.74) is 3.93. The Kier molecular flexibility index (Phi) is 3.70. The van der Waals surface area contributed by atoms with Gasteiger partial charge in [-0.25, -0.2) is 0 Å². The lowest BCUT2D eigenvalue weighted by molar-refractivity contribution is 0.0995. The minimum absolute atomic E-state index is 0.265. The van der Waals surface area contributed by atoms with Crippen LogP contribution in [0.2, 0.25) is 0 Å². The van der Waals surface area contributed by atoms with Gasteiger partial charge in [0.1, 0.15) is 0 Å². The molecule has 2 aromatic carbocycles. The van der Waals surface area contributed by atoms with Gasteiger partial charge in [-0.15, -0.1) is 0 Å². The molecule has 2 N–H and O–H groups in total. The molecule has 1 amide bonds.